The number of hydrogen-bond acceptors (Lipinski definition) is 5. The molecule has 0 unspecified atom stereocenters. The molecular weight excluding hydrogens is 480 g/mol. The SMILES string of the molecule is CCCc1ccc(-c2cc(C(=O)Nc3sc4c(c3C(=O)OC(C)C)CCCC4)c3ccccc3n2)cc1. The van der Waals surface area contributed by atoms with Crippen molar-refractivity contribution in [3.05, 3.63) is 81.7 Å². The molecule has 1 N–H and O–H groups in total. The third kappa shape index (κ3) is 5.30. The van der Waals surface area contributed by atoms with Crippen molar-refractivity contribution in [3.63, 3.8) is 0 Å². The number of nitrogens with zero attached hydrogens (tertiary/aromatic N) is 1. The molecule has 5 nitrogen and oxygen atoms in total. The highest BCUT2D eigenvalue weighted by molar-refractivity contribution is 7.17. The summed E-state index contributed by atoms with van der Waals surface area (Å²) in [6.07, 6.45) is 5.78. The molecule has 0 atom stereocenters. The van der Waals surface area contributed by atoms with Crippen LogP contribution in [0.5, 0.6) is 0 Å². The van der Waals surface area contributed by atoms with Crippen LogP contribution in [-0.2, 0) is 24.0 Å². The normalized spacial score (nSPS) is 13.0. The maximum atomic E-state index is 13.8. The summed E-state index contributed by atoms with van der Waals surface area (Å²) in [5.41, 5.74) is 5.84. The number of pyridine rings is 1. The molecule has 0 saturated carbocycles. The van der Waals surface area contributed by atoms with Crippen LogP contribution in [0, 0.1) is 0 Å². The van der Waals surface area contributed by atoms with Crippen molar-refractivity contribution in [1.29, 1.82) is 0 Å². The molecule has 37 heavy (non-hydrogen) atoms. The molecular formula is C31H32N2O3S. The van der Waals surface area contributed by atoms with Gasteiger partial charge in [0.1, 0.15) is 5.00 Å². The molecule has 4 aromatic rings. The van der Waals surface area contributed by atoms with Gasteiger partial charge in [0.15, 0.2) is 0 Å². The maximum Gasteiger partial charge on any atom is 0.341 e. The van der Waals surface area contributed by atoms with Crippen molar-refractivity contribution in [1.82, 2.24) is 4.98 Å². The van der Waals surface area contributed by atoms with Gasteiger partial charge in [0.05, 0.1) is 28.4 Å². The van der Waals surface area contributed by atoms with Crippen molar-refractivity contribution in [3.8, 4) is 11.3 Å². The first kappa shape index (κ1) is 25.2. The van der Waals surface area contributed by atoms with Gasteiger partial charge in [-0.2, -0.15) is 0 Å². The molecule has 6 heteroatoms. The van der Waals surface area contributed by atoms with Crippen molar-refractivity contribution in [2.75, 3.05) is 5.32 Å². The standard InChI is InChI=1S/C31H32N2O3S/c1-4-9-20-14-16-21(17-15-20)26-18-24(22-10-5-7-12-25(22)32-26)29(34)33-30-28(31(35)36-19(2)3)23-11-6-8-13-27(23)37-30/h5,7,10,12,14-19H,4,6,8-9,11,13H2,1-3H3,(H,33,34). The number of nitrogens with one attached hydrogen (secondary N) is 1. The molecule has 2 aromatic heterocycles. The number of amides is 1. The zero-order chi connectivity index (χ0) is 25.9. The van der Waals surface area contributed by atoms with E-state index in [0.717, 1.165) is 66.2 Å². The molecule has 0 bridgehead atoms. The minimum atomic E-state index is -0.364. The van der Waals surface area contributed by atoms with E-state index in [9.17, 15) is 9.59 Å². The highest BCUT2D eigenvalue weighted by Crippen LogP contribution is 2.39. The lowest BCUT2D eigenvalue weighted by Gasteiger charge is -2.14. The van der Waals surface area contributed by atoms with Gasteiger partial charge >= 0.3 is 5.97 Å². The maximum absolute atomic E-state index is 13.8. The molecule has 190 valence electrons. The zero-order valence-corrected chi connectivity index (χ0v) is 22.4. The number of anilines is 1. The summed E-state index contributed by atoms with van der Waals surface area (Å²) < 4.78 is 5.57. The summed E-state index contributed by atoms with van der Waals surface area (Å²) in [5, 5.41) is 4.44. The van der Waals surface area contributed by atoms with E-state index < -0.39 is 0 Å². The van der Waals surface area contributed by atoms with Gasteiger partial charge in [-0.25, -0.2) is 9.78 Å². The Labute approximate surface area is 221 Å². The van der Waals surface area contributed by atoms with Gasteiger partial charge in [0.25, 0.3) is 5.91 Å². The fourth-order valence-electron chi connectivity index (χ4n) is 4.96. The van der Waals surface area contributed by atoms with E-state index in [1.807, 2.05) is 44.2 Å². The topological polar surface area (TPSA) is 68.3 Å². The predicted molar refractivity (Wildman–Crippen MR) is 151 cm³/mol. The Balaban J connectivity index is 1.54. The quantitative estimate of drug-likeness (QED) is 0.259. The second-order valence-electron chi connectivity index (χ2n) is 9.84. The molecule has 2 heterocycles. The zero-order valence-electron chi connectivity index (χ0n) is 21.6. The Bertz CT molecular complexity index is 1450. The smallest absolute Gasteiger partial charge is 0.341 e. The molecule has 0 aliphatic heterocycles. The second-order valence-corrected chi connectivity index (χ2v) is 10.9. The average molecular weight is 513 g/mol. The molecule has 5 rings (SSSR count). The number of aromatic nitrogens is 1. The van der Waals surface area contributed by atoms with Gasteiger partial charge in [0.2, 0.25) is 0 Å². The van der Waals surface area contributed by atoms with E-state index in [0.29, 0.717) is 16.1 Å². The van der Waals surface area contributed by atoms with E-state index in [1.54, 1.807) is 0 Å². The van der Waals surface area contributed by atoms with Crippen LogP contribution in [0.4, 0.5) is 5.00 Å². The van der Waals surface area contributed by atoms with Gasteiger partial charge in [-0.3, -0.25) is 4.79 Å². The first-order chi connectivity index (χ1) is 17.9. The number of hydrogen-bond donors (Lipinski definition) is 1. The van der Waals surface area contributed by atoms with Gasteiger partial charge in [-0.1, -0.05) is 55.8 Å². The van der Waals surface area contributed by atoms with Crippen LogP contribution in [-0.4, -0.2) is 23.0 Å². The van der Waals surface area contributed by atoms with Crippen LogP contribution >= 0.6 is 11.3 Å². The monoisotopic (exact) mass is 512 g/mol. The number of para-hydroxylation sites is 1. The molecule has 1 amide bonds. The minimum absolute atomic E-state index is 0.231. The summed E-state index contributed by atoms with van der Waals surface area (Å²) in [6.45, 7) is 5.85. The molecule has 1 aliphatic carbocycles. The minimum Gasteiger partial charge on any atom is -0.459 e. The molecule has 1 aliphatic rings. The summed E-state index contributed by atoms with van der Waals surface area (Å²) in [4.78, 5) is 32.9. The fourth-order valence-corrected chi connectivity index (χ4v) is 6.23. The van der Waals surface area contributed by atoms with Gasteiger partial charge in [-0.15, -0.1) is 11.3 Å². The summed E-state index contributed by atoms with van der Waals surface area (Å²) >= 11 is 1.50. The number of rotatable bonds is 7. The lowest BCUT2D eigenvalue weighted by Crippen LogP contribution is -2.18. The average Bonchev–Trinajstić information content (AvgIpc) is 3.26. The van der Waals surface area contributed by atoms with Crippen molar-refractivity contribution in [2.45, 2.75) is 65.4 Å². The summed E-state index contributed by atoms with van der Waals surface area (Å²) in [7, 11) is 0. The Kier molecular flexibility index (Phi) is 7.38. The largest absolute Gasteiger partial charge is 0.459 e. The predicted octanol–water partition coefficient (Wildman–Crippen LogP) is 7.61. The van der Waals surface area contributed by atoms with Crippen LogP contribution in [0.2, 0.25) is 0 Å². The number of carbonyl (C=O) groups is 2. The molecule has 0 fully saturated rings. The van der Waals surface area contributed by atoms with Gasteiger partial charge in [0, 0.05) is 15.8 Å². The Morgan fingerprint density at radius 1 is 1.05 bits per heavy atom. The summed E-state index contributed by atoms with van der Waals surface area (Å²) in [5.74, 6) is -0.614. The van der Waals surface area contributed by atoms with E-state index in [4.69, 9.17) is 9.72 Å². The van der Waals surface area contributed by atoms with Gasteiger partial charge < -0.3 is 10.1 Å². The lowest BCUT2D eigenvalue weighted by atomic mass is 9.95. The van der Waals surface area contributed by atoms with E-state index in [2.05, 4.69) is 36.5 Å². The Morgan fingerprint density at radius 3 is 2.57 bits per heavy atom. The Hall–Kier alpha value is -3.51. The van der Waals surface area contributed by atoms with Crippen LogP contribution < -0.4 is 5.32 Å². The van der Waals surface area contributed by atoms with Gasteiger partial charge in [-0.05, 0) is 69.2 Å². The summed E-state index contributed by atoms with van der Waals surface area (Å²) in [6, 6.07) is 17.9. The van der Waals surface area contributed by atoms with Crippen molar-refractivity contribution >= 4 is 39.1 Å². The first-order valence-corrected chi connectivity index (χ1v) is 13.9. The molecule has 2 aromatic carbocycles. The Morgan fingerprint density at radius 2 is 1.81 bits per heavy atom. The van der Waals surface area contributed by atoms with E-state index in [-0.39, 0.29) is 18.0 Å². The highest BCUT2D eigenvalue weighted by Gasteiger charge is 2.28. The first-order valence-electron chi connectivity index (χ1n) is 13.1. The number of fused-ring (bicyclic) bond motifs is 2. The van der Waals surface area contributed by atoms with E-state index >= 15 is 0 Å². The highest BCUT2D eigenvalue weighted by atomic mass is 32.1. The number of carbonyl (C=O) groups excluding carboxylic acids is 2. The number of benzene rings is 2. The van der Waals surface area contributed by atoms with Crippen molar-refractivity contribution in [2.24, 2.45) is 0 Å². The number of esters is 1. The lowest BCUT2D eigenvalue weighted by molar-refractivity contribution is 0.0378. The van der Waals surface area contributed by atoms with Crippen molar-refractivity contribution < 1.29 is 14.3 Å². The molecule has 0 saturated heterocycles. The van der Waals surface area contributed by atoms with Crippen LogP contribution in [0.25, 0.3) is 22.2 Å². The molecule has 0 spiro atoms. The second kappa shape index (κ2) is 10.9. The number of thiophene rings is 1. The van der Waals surface area contributed by atoms with Crippen LogP contribution in [0.1, 0.15) is 76.8 Å². The van der Waals surface area contributed by atoms with Crippen LogP contribution in [0.15, 0.2) is 54.6 Å². The number of ether oxygens (including phenoxy) is 1. The fraction of sp³-hybridized carbons (Fsp3) is 0.323. The third-order valence-corrected chi connectivity index (χ3v) is 7.90. The number of aryl methyl sites for hydroxylation is 2. The molecule has 0 radical (unpaired) electrons. The van der Waals surface area contributed by atoms with Crippen LogP contribution in [0.3, 0.4) is 0 Å². The van der Waals surface area contributed by atoms with E-state index in [1.165, 1.54) is 21.8 Å². The third-order valence-electron chi connectivity index (χ3n) is 6.69.